The zero-order valence-electron chi connectivity index (χ0n) is 15.4. The average molecular weight is 366 g/mol. The lowest BCUT2D eigenvalue weighted by Crippen LogP contribution is -2.41. The van der Waals surface area contributed by atoms with Gasteiger partial charge in [0, 0.05) is 23.0 Å². The Kier molecular flexibility index (Phi) is 4.56. The van der Waals surface area contributed by atoms with Crippen LogP contribution in [-0.4, -0.2) is 36.2 Å². The van der Waals surface area contributed by atoms with Gasteiger partial charge in [0.05, 0.1) is 30.9 Å². The molecule has 3 heterocycles. The molecule has 27 heavy (non-hydrogen) atoms. The van der Waals surface area contributed by atoms with E-state index in [1.807, 2.05) is 41.3 Å². The number of pyridine rings is 1. The Labute approximate surface area is 158 Å². The first-order valence-corrected chi connectivity index (χ1v) is 9.33. The van der Waals surface area contributed by atoms with Crippen molar-refractivity contribution < 1.29 is 19.1 Å². The van der Waals surface area contributed by atoms with Crippen molar-refractivity contribution in [3.63, 3.8) is 0 Å². The summed E-state index contributed by atoms with van der Waals surface area (Å²) in [5.74, 6) is -1.08. The molecule has 1 saturated heterocycles. The lowest BCUT2D eigenvalue weighted by Gasteiger charge is -2.38. The number of carbonyl (C=O) groups excluding carboxylic acids is 2. The zero-order valence-corrected chi connectivity index (χ0v) is 15.4. The minimum atomic E-state index is -0.541. The van der Waals surface area contributed by atoms with Crippen molar-refractivity contribution in [3.8, 4) is 11.1 Å². The van der Waals surface area contributed by atoms with Crippen LogP contribution in [0.3, 0.4) is 0 Å². The van der Waals surface area contributed by atoms with Gasteiger partial charge in [0.2, 0.25) is 0 Å². The highest BCUT2D eigenvalue weighted by Crippen LogP contribution is 2.52. The van der Waals surface area contributed by atoms with E-state index < -0.39 is 12.0 Å². The topological polar surface area (TPSA) is 68.7 Å². The minimum absolute atomic E-state index is 0.296. The molecule has 1 aromatic heterocycles. The van der Waals surface area contributed by atoms with Gasteiger partial charge in [0.1, 0.15) is 6.04 Å². The monoisotopic (exact) mass is 366 g/mol. The molecule has 6 heteroatoms. The van der Waals surface area contributed by atoms with E-state index >= 15 is 0 Å². The van der Waals surface area contributed by atoms with E-state index in [0.29, 0.717) is 19.6 Å². The largest absolute Gasteiger partial charge is 0.466 e. The quantitative estimate of drug-likeness (QED) is 0.775. The van der Waals surface area contributed by atoms with E-state index in [-0.39, 0.29) is 18.0 Å². The fourth-order valence-electron chi connectivity index (χ4n) is 4.24. The SMILES string of the molecule is CCOC(=O)C1CC(C(=O)OCC)N2c3ccccc3-c3cccnc3C12. The number of para-hydroxylation sites is 1. The number of rotatable bonds is 4. The molecular weight excluding hydrogens is 344 g/mol. The fourth-order valence-corrected chi connectivity index (χ4v) is 4.24. The highest BCUT2D eigenvalue weighted by Gasteiger charge is 2.53. The number of anilines is 1. The first-order valence-electron chi connectivity index (χ1n) is 9.33. The summed E-state index contributed by atoms with van der Waals surface area (Å²) in [7, 11) is 0. The number of esters is 2. The minimum Gasteiger partial charge on any atom is -0.466 e. The maximum atomic E-state index is 12.7. The summed E-state index contributed by atoms with van der Waals surface area (Å²) in [4.78, 5) is 32.0. The molecule has 0 bridgehead atoms. The molecule has 1 fully saturated rings. The Balaban J connectivity index is 1.88. The predicted octanol–water partition coefficient (Wildman–Crippen LogP) is 3.12. The van der Waals surface area contributed by atoms with Gasteiger partial charge in [0.25, 0.3) is 0 Å². The number of nitrogens with zero attached hydrogens (tertiary/aromatic N) is 2. The number of hydrogen-bond acceptors (Lipinski definition) is 6. The second-order valence-electron chi connectivity index (χ2n) is 6.67. The molecule has 0 spiro atoms. The van der Waals surface area contributed by atoms with Gasteiger partial charge in [-0.05, 0) is 32.4 Å². The Hall–Kier alpha value is -2.89. The molecule has 2 aliphatic rings. The molecule has 6 nitrogen and oxygen atoms in total. The van der Waals surface area contributed by atoms with Gasteiger partial charge in [-0.3, -0.25) is 9.78 Å². The average Bonchev–Trinajstić information content (AvgIpc) is 3.10. The number of carbonyl (C=O) groups is 2. The number of benzene rings is 1. The maximum Gasteiger partial charge on any atom is 0.328 e. The third kappa shape index (κ3) is 2.76. The molecule has 2 aromatic rings. The summed E-state index contributed by atoms with van der Waals surface area (Å²) in [6.45, 7) is 4.18. The van der Waals surface area contributed by atoms with Crippen LogP contribution in [0.5, 0.6) is 0 Å². The van der Waals surface area contributed by atoms with Crippen molar-refractivity contribution >= 4 is 17.6 Å². The highest BCUT2D eigenvalue weighted by atomic mass is 16.5. The predicted molar refractivity (Wildman–Crippen MR) is 100 cm³/mol. The van der Waals surface area contributed by atoms with Crippen LogP contribution in [-0.2, 0) is 19.1 Å². The van der Waals surface area contributed by atoms with Crippen LogP contribution >= 0.6 is 0 Å². The number of hydrogen-bond donors (Lipinski definition) is 0. The van der Waals surface area contributed by atoms with Gasteiger partial charge >= 0.3 is 11.9 Å². The summed E-state index contributed by atoms with van der Waals surface area (Å²) in [6, 6.07) is 10.9. The Morgan fingerprint density at radius 2 is 1.74 bits per heavy atom. The van der Waals surface area contributed by atoms with Gasteiger partial charge in [0.15, 0.2) is 0 Å². The lowest BCUT2D eigenvalue weighted by atomic mass is 9.88. The van der Waals surface area contributed by atoms with Gasteiger partial charge in [-0.1, -0.05) is 24.3 Å². The van der Waals surface area contributed by atoms with Crippen molar-refractivity contribution in [2.75, 3.05) is 18.1 Å². The second-order valence-corrected chi connectivity index (χ2v) is 6.67. The molecule has 3 unspecified atom stereocenters. The molecule has 140 valence electrons. The Bertz CT molecular complexity index is 810. The molecule has 2 aliphatic heterocycles. The van der Waals surface area contributed by atoms with Gasteiger partial charge in [-0.25, -0.2) is 4.79 Å². The number of fused-ring (bicyclic) bond motifs is 6. The molecule has 0 N–H and O–H groups in total. The van der Waals surface area contributed by atoms with Crippen molar-refractivity contribution in [1.82, 2.24) is 4.98 Å². The Morgan fingerprint density at radius 1 is 1.04 bits per heavy atom. The third-order valence-electron chi connectivity index (χ3n) is 5.23. The molecule has 4 rings (SSSR count). The second kappa shape index (κ2) is 7.02. The van der Waals surface area contributed by atoms with Crippen LogP contribution in [0.15, 0.2) is 42.6 Å². The normalized spacial score (nSPS) is 22.4. The van der Waals surface area contributed by atoms with Gasteiger partial charge in [-0.15, -0.1) is 0 Å². The summed E-state index contributed by atoms with van der Waals surface area (Å²) < 4.78 is 10.6. The van der Waals surface area contributed by atoms with E-state index in [4.69, 9.17) is 9.47 Å². The summed E-state index contributed by atoms with van der Waals surface area (Å²) in [6.07, 6.45) is 2.08. The Morgan fingerprint density at radius 3 is 2.52 bits per heavy atom. The number of ether oxygens (including phenoxy) is 2. The van der Waals surface area contributed by atoms with Crippen LogP contribution in [0.2, 0.25) is 0 Å². The smallest absolute Gasteiger partial charge is 0.328 e. The zero-order chi connectivity index (χ0) is 19.0. The first kappa shape index (κ1) is 17.5. The van der Waals surface area contributed by atoms with Crippen LogP contribution < -0.4 is 4.90 Å². The molecular formula is C21H22N2O4. The molecule has 0 saturated carbocycles. The maximum absolute atomic E-state index is 12.7. The van der Waals surface area contributed by atoms with E-state index in [0.717, 1.165) is 22.5 Å². The molecule has 0 aliphatic carbocycles. The van der Waals surface area contributed by atoms with Crippen LogP contribution in [0.25, 0.3) is 11.1 Å². The standard InChI is InChI=1S/C21H22N2O4/c1-3-26-20(24)15-12-17(21(25)27-4-2)23-16-10-6-5-8-13(16)14-9-7-11-22-18(14)19(15)23/h5-11,15,17,19H,3-4,12H2,1-2H3. The summed E-state index contributed by atoms with van der Waals surface area (Å²) >= 11 is 0. The van der Waals surface area contributed by atoms with Crippen LogP contribution in [0.1, 0.15) is 32.0 Å². The van der Waals surface area contributed by atoms with E-state index in [1.165, 1.54) is 0 Å². The van der Waals surface area contributed by atoms with Crippen molar-refractivity contribution in [2.45, 2.75) is 32.4 Å². The summed E-state index contributed by atoms with van der Waals surface area (Å²) in [5.41, 5.74) is 3.73. The van der Waals surface area contributed by atoms with E-state index in [9.17, 15) is 9.59 Å². The molecule has 0 radical (unpaired) electrons. The van der Waals surface area contributed by atoms with Crippen LogP contribution in [0.4, 0.5) is 5.69 Å². The first-order chi connectivity index (χ1) is 13.2. The molecule has 1 aromatic carbocycles. The van der Waals surface area contributed by atoms with E-state index in [2.05, 4.69) is 4.98 Å². The highest BCUT2D eigenvalue weighted by molar-refractivity contribution is 5.92. The number of aromatic nitrogens is 1. The van der Waals surface area contributed by atoms with Gasteiger partial charge in [-0.2, -0.15) is 0 Å². The third-order valence-corrected chi connectivity index (χ3v) is 5.23. The van der Waals surface area contributed by atoms with E-state index in [1.54, 1.807) is 20.0 Å². The van der Waals surface area contributed by atoms with Crippen molar-refractivity contribution in [3.05, 3.63) is 48.3 Å². The van der Waals surface area contributed by atoms with Gasteiger partial charge < -0.3 is 14.4 Å². The van der Waals surface area contributed by atoms with Crippen molar-refractivity contribution in [1.29, 1.82) is 0 Å². The summed E-state index contributed by atoms with van der Waals surface area (Å²) in [5, 5.41) is 0. The van der Waals surface area contributed by atoms with Crippen LogP contribution in [0, 0.1) is 5.92 Å². The fraction of sp³-hybridized carbons (Fsp3) is 0.381. The van der Waals surface area contributed by atoms with Crippen molar-refractivity contribution in [2.24, 2.45) is 5.92 Å². The molecule has 3 atom stereocenters. The molecule has 0 amide bonds. The lowest BCUT2D eigenvalue weighted by molar-refractivity contribution is -0.148.